The summed E-state index contributed by atoms with van der Waals surface area (Å²) in [7, 11) is 0. The summed E-state index contributed by atoms with van der Waals surface area (Å²) in [6, 6.07) is 11.7. The van der Waals surface area contributed by atoms with E-state index in [1.54, 1.807) is 25.1 Å². The molecule has 1 atom stereocenters. The van der Waals surface area contributed by atoms with E-state index in [9.17, 15) is 9.59 Å². The molecule has 2 aromatic rings. The maximum atomic E-state index is 13.1. The van der Waals surface area contributed by atoms with Crippen LogP contribution in [0.3, 0.4) is 0 Å². The summed E-state index contributed by atoms with van der Waals surface area (Å²) in [6.07, 6.45) is 0. The molecule has 2 amide bonds. The van der Waals surface area contributed by atoms with Crippen molar-refractivity contribution in [2.75, 3.05) is 19.8 Å². The average Bonchev–Trinajstić information content (AvgIpc) is 2.79. The molecule has 1 aliphatic heterocycles. The van der Waals surface area contributed by atoms with Crippen LogP contribution in [-0.2, 0) is 9.53 Å². The summed E-state index contributed by atoms with van der Waals surface area (Å²) in [5.74, 6) is 0.214. The van der Waals surface area contributed by atoms with Gasteiger partial charge in [0.15, 0.2) is 0 Å². The van der Waals surface area contributed by atoms with Gasteiger partial charge in [-0.1, -0.05) is 61.3 Å². The Morgan fingerprint density at radius 1 is 1.12 bits per heavy atom. The van der Waals surface area contributed by atoms with Crippen molar-refractivity contribution in [1.29, 1.82) is 0 Å². The van der Waals surface area contributed by atoms with Crippen LogP contribution in [0.4, 0.5) is 4.79 Å². The van der Waals surface area contributed by atoms with Gasteiger partial charge in [-0.2, -0.15) is 0 Å². The third-order valence-electron chi connectivity index (χ3n) is 5.44. The number of rotatable bonds is 8. The number of benzene rings is 2. The number of hydrogen-bond donors (Lipinski definition) is 1. The molecule has 0 unspecified atom stereocenters. The van der Waals surface area contributed by atoms with Crippen molar-refractivity contribution in [3.8, 4) is 5.75 Å². The Hall–Kier alpha value is -2.70. The van der Waals surface area contributed by atoms with Crippen LogP contribution < -0.4 is 10.1 Å². The number of hydrogen-bond acceptors (Lipinski definition) is 4. The van der Waals surface area contributed by atoms with E-state index >= 15 is 0 Å². The minimum atomic E-state index is -0.672. The first-order valence-corrected chi connectivity index (χ1v) is 11.7. The number of carbonyl (C=O) groups excluding carboxylic acids is 2. The van der Waals surface area contributed by atoms with Gasteiger partial charge in [0, 0.05) is 17.6 Å². The summed E-state index contributed by atoms with van der Waals surface area (Å²) >= 11 is 12.3. The quantitative estimate of drug-likeness (QED) is 0.453. The highest BCUT2D eigenvalue weighted by Gasteiger charge is 2.38. The number of esters is 1. The molecule has 33 heavy (non-hydrogen) atoms. The molecule has 0 spiro atoms. The molecule has 1 N–H and O–H groups in total. The number of urea groups is 1. The van der Waals surface area contributed by atoms with Crippen molar-refractivity contribution in [1.82, 2.24) is 10.2 Å². The van der Waals surface area contributed by atoms with Gasteiger partial charge in [-0.3, -0.25) is 4.90 Å². The van der Waals surface area contributed by atoms with Gasteiger partial charge in [0.05, 0.1) is 28.9 Å². The zero-order chi connectivity index (χ0) is 24.1. The summed E-state index contributed by atoms with van der Waals surface area (Å²) < 4.78 is 11.3. The highest BCUT2D eigenvalue weighted by Crippen LogP contribution is 2.34. The smallest absolute Gasteiger partial charge is 0.338 e. The SMILES string of the molecule is CCOC(=O)C1=C(COc2cc(Cl)ccc2Cl)N(CC)C(=O)N[C@@H]1c1ccc(C(C)C)cc1. The van der Waals surface area contributed by atoms with E-state index in [-0.39, 0.29) is 19.2 Å². The second-order valence-corrected chi connectivity index (χ2v) is 8.74. The first-order valence-electron chi connectivity index (χ1n) is 10.9. The number of nitrogens with zero attached hydrogens (tertiary/aromatic N) is 1. The highest BCUT2D eigenvalue weighted by atomic mass is 35.5. The summed E-state index contributed by atoms with van der Waals surface area (Å²) in [5, 5.41) is 3.79. The Labute approximate surface area is 204 Å². The summed E-state index contributed by atoms with van der Waals surface area (Å²) in [4.78, 5) is 27.6. The number of amides is 2. The van der Waals surface area contributed by atoms with Crippen molar-refractivity contribution < 1.29 is 19.1 Å². The standard InChI is InChI=1S/C25H28Cl2N2O4/c1-5-29-20(14-33-21-13-18(26)11-12-19(21)27)22(24(30)32-6-2)23(28-25(29)31)17-9-7-16(8-10-17)15(3)4/h7-13,15,23H,5-6,14H2,1-4H3,(H,28,31)/t23-/m1/s1. The molecule has 1 heterocycles. The Morgan fingerprint density at radius 3 is 2.42 bits per heavy atom. The number of carbonyl (C=O) groups is 2. The Morgan fingerprint density at radius 2 is 1.82 bits per heavy atom. The van der Waals surface area contributed by atoms with Gasteiger partial charge < -0.3 is 14.8 Å². The van der Waals surface area contributed by atoms with Crippen LogP contribution >= 0.6 is 23.2 Å². The van der Waals surface area contributed by atoms with Crippen LogP contribution in [0.1, 0.15) is 50.8 Å². The molecule has 2 aromatic carbocycles. The van der Waals surface area contributed by atoms with Crippen molar-refractivity contribution in [2.45, 2.75) is 39.7 Å². The molecule has 0 fully saturated rings. The van der Waals surface area contributed by atoms with Crippen molar-refractivity contribution in [2.24, 2.45) is 0 Å². The molecule has 0 saturated heterocycles. The van der Waals surface area contributed by atoms with Gasteiger partial charge >= 0.3 is 12.0 Å². The van der Waals surface area contributed by atoms with E-state index in [1.807, 2.05) is 31.2 Å². The van der Waals surface area contributed by atoms with Crippen LogP contribution in [0.5, 0.6) is 5.75 Å². The van der Waals surface area contributed by atoms with Gasteiger partial charge in [-0.15, -0.1) is 0 Å². The molecule has 0 saturated carbocycles. The average molecular weight is 491 g/mol. The van der Waals surface area contributed by atoms with Crippen molar-refractivity contribution in [3.05, 3.63) is 74.9 Å². The lowest BCUT2D eigenvalue weighted by Gasteiger charge is -2.36. The molecular weight excluding hydrogens is 463 g/mol. The van der Waals surface area contributed by atoms with E-state index in [0.29, 0.717) is 39.5 Å². The van der Waals surface area contributed by atoms with Gasteiger partial charge in [0.1, 0.15) is 12.4 Å². The fourth-order valence-corrected chi connectivity index (χ4v) is 4.03. The Kier molecular flexibility index (Phi) is 8.27. The minimum Gasteiger partial charge on any atom is -0.486 e. The van der Waals surface area contributed by atoms with E-state index < -0.39 is 12.0 Å². The van der Waals surface area contributed by atoms with Crippen LogP contribution in [0.2, 0.25) is 10.0 Å². The molecular formula is C25H28Cl2N2O4. The number of likely N-dealkylation sites (N-methyl/N-ethyl adjacent to an activating group) is 1. The van der Waals surface area contributed by atoms with Crippen LogP contribution in [0.15, 0.2) is 53.7 Å². The van der Waals surface area contributed by atoms with Crippen molar-refractivity contribution in [3.63, 3.8) is 0 Å². The minimum absolute atomic E-state index is 0.0595. The monoisotopic (exact) mass is 490 g/mol. The van der Waals surface area contributed by atoms with E-state index in [1.165, 1.54) is 4.90 Å². The molecule has 176 valence electrons. The molecule has 0 radical (unpaired) electrons. The van der Waals surface area contributed by atoms with E-state index in [0.717, 1.165) is 11.1 Å². The van der Waals surface area contributed by atoms with Crippen LogP contribution in [0, 0.1) is 0 Å². The Bertz CT molecular complexity index is 1050. The van der Waals surface area contributed by atoms with E-state index in [2.05, 4.69) is 19.2 Å². The van der Waals surface area contributed by atoms with E-state index in [4.69, 9.17) is 32.7 Å². The van der Waals surface area contributed by atoms with Crippen molar-refractivity contribution >= 4 is 35.2 Å². The first-order chi connectivity index (χ1) is 15.8. The lowest BCUT2D eigenvalue weighted by atomic mass is 9.92. The molecule has 6 nitrogen and oxygen atoms in total. The molecule has 0 bridgehead atoms. The fraction of sp³-hybridized carbons (Fsp3) is 0.360. The van der Waals surface area contributed by atoms with Gasteiger partial charge in [0.2, 0.25) is 0 Å². The second-order valence-electron chi connectivity index (χ2n) is 7.89. The zero-order valence-corrected chi connectivity index (χ0v) is 20.7. The number of halogens is 2. The largest absolute Gasteiger partial charge is 0.486 e. The third-order valence-corrected chi connectivity index (χ3v) is 5.99. The molecule has 3 rings (SSSR count). The topological polar surface area (TPSA) is 67.9 Å². The summed E-state index contributed by atoms with van der Waals surface area (Å²) in [6.45, 7) is 8.27. The van der Waals surface area contributed by atoms with Crippen LogP contribution in [-0.4, -0.2) is 36.7 Å². The first kappa shape index (κ1) is 24.9. The van der Waals surface area contributed by atoms with Gasteiger partial charge in [-0.05, 0) is 43.0 Å². The number of ether oxygens (including phenoxy) is 2. The summed E-state index contributed by atoms with van der Waals surface area (Å²) in [5.41, 5.74) is 2.70. The molecule has 0 aliphatic carbocycles. The van der Waals surface area contributed by atoms with Gasteiger partial charge in [0.25, 0.3) is 0 Å². The van der Waals surface area contributed by atoms with Gasteiger partial charge in [-0.25, -0.2) is 9.59 Å². The maximum absolute atomic E-state index is 13.1. The highest BCUT2D eigenvalue weighted by molar-refractivity contribution is 6.34. The third kappa shape index (κ3) is 5.63. The normalized spacial score (nSPS) is 16.2. The molecule has 0 aromatic heterocycles. The van der Waals surface area contributed by atoms with Crippen LogP contribution in [0.25, 0.3) is 0 Å². The number of nitrogens with one attached hydrogen (secondary N) is 1. The second kappa shape index (κ2) is 10.9. The zero-order valence-electron chi connectivity index (χ0n) is 19.2. The Balaban J connectivity index is 2.07. The maximum Gasteiger partial charge on any atom is 0.338 e. The predicted octanol–water partition coefficient (Wildman–Crippen LogP) is 6.10. The molecule has 8 heteroatoms. The fourth-order valence-electron chi connectivity index (χ4n) is 3.70. The predicted molar refractivity (Wildman–Crippen MR) is 130 cm³/mol. The lowest BCUT2D eigenvalue weighted by Crippen LogP contribution is -2.49. The lowest BCUT2D eigenvalue weighted by molar-refractivity contribution is -0.139. The molecule has 1 aliphatic rings.